The van der Waals surface area contributed by atoms with Crippen LogP contribution in [0.1, 0.15) is 117 Å². The highest BCUT2D eigenvalue weighted by Crippen LogP contribution is 2.14. The van der Waals surface area contributed by atoms with Crippen molar-refractivity contribution >= 4 is 89.6 Å². The molecule has 0 aliphatic heterocycles. The van der Waals surface area contributed by atoms with Crippen LogP contribution in [0.5, 0.6) is 5.75 Å². The number of phenols is 1. The van der Waals surface area contributed by atoms with Gasteiger partial charge in [0.25, 0.3) is 0 Å². The van der Waals surface area contributed by atoms with Gasteiger partial charge in [-0.05, 0) is 126 Å². The lowest BCUT2D eigenvalue weighted by Crippen LogP contribution is -2.61. The van der Waals surface area contributed by atoms with Crippen LogP contribution in [0.3, 0.4) is 0 Å². The molecule has 0 saturated carbocycles. The molecule has 0 fully saturated rings. The summed E-state index contributed by atoms with van der Waals surface area (Å²) >= 11 is 4.22. The van der Waals surface area contributed by atoms with Gasteiger partial charge >= 0.3 is 5.97 Å². The number of hydrogen-bond acceptors (Lipinski definition) is 19. The molecule has 35 heteroatoms. The second-order valence-corrected chi connectivity index (χ2v) is 22.8. The largest absolute Gasteiger partial charge is 0.508 e. The molecule has 0 radical (unpaired) electrons. The fraction of sp³-hybridized carbons (Fsp3) is 0.661. The molecule has 1 aromatic carbocycles. The number of rotatable bonds is 46. The van der Waals surface area contributed by atoms with Crippen molar-refractivity contribution in [2.75, 3.05) is 45.1 Å². The predicted molar refractivity (Wildman–Crippen MR) is 346 cm³/mol. The van der Waals surface area contributed by atoms with E-state index in [2.05, 4.69) is 75.5 Å². The fourth-order valence-electron chi connectivity index (χ4n) is 8.75. The highest BCUT2D eigenvalue weighted by molar-refractivity contribution is 7.80. The molecule has 514 valence electrons. The topological polar surface area (TPSA) is 611 Å². The molecule has 0 heterocycles. The Kier molecular flexibility index (Phi) is 39.2. The van der Waals surface area contributed by atoms with Crippen molar-refractivity contribution in [1.82, 2.24) is 47.9 Å². The lowest BCUT2D eigenvalue weighted by molar-refractivity contribution is -0.142. The van der Waals surface area contributed by atoms with E-state index in [-0.39, 0.29) is 138 Å². The third-order valence-corrected chi connectivity index (χ3v) is 14.2. The summed E-state index contributed by atoms with van der Waals surface area (Å²) in [6, 6.07) is -8.26. The molecule has 10 atom stereocenters. The van der Waals surface area contributed by atoms with E-state index >= 15 is 0 Å². The maximum Gasteiger partial charge on any atom is 0.326 e. The Labute approximate surface area is 536 Å². The number of aliphatic carboxylic acids is 1. The molecule has 34 nitrogen and oxygen atoms in total. The minimum absolute atomic E-state index is 0.00571. The van der Waals surface area contributed by atoms with Crippen molar-refractivity contribution in [2.24, 2.45) is 78.4 Å². The van der Waals surface area contributed by atoms with Crippen molar-refractivity contribution in [1.29, 1.82) is 0 Å². The number of aliphatic hydroxyl groups is 1. The van der Waals surface area contributed by atoms with Crippen molar-refractivity contribution in [3.63, 3.8) is 0 Å². The second kappa shape index (κ2) is 44.2. The van der Waals surface area contributed by atoms with E-state index in [0.29, 0.717) is 31.4 Å². The van der Waals surface area contributed by atoms with E-state index < -0.39 is 126 Å². The van der Waals surface area contributed by atoms with Gasteiger partial charge in [0, 0.05) is 31.8 Å². The Morgan fingerprint density at radius 2 is 0.758 bits per heavy atom. The summed E-state index contributed by atoms with van der Waals surface area (Å²) in [5.41, 5.74) is 51.3. The average molecular weight is 1310 g/mol. The van der Waals surface area contributed by atoms with Gasteiger partial charge in [-0.15, -0.1) is 0 Å². The van der Waals surface area contributed by atoms with E-state index in [1.54, 1.807) is 27.7 Å². The highest BCUT2D eigenvalue weighted by Gasteiger charge is 2.36. The minimum atomic E-state index is -1.62. The van der Waals surface area contributed by atoms with Crippen molar-refractivity contribution < 1.29 is 63.3 Å². The summed E-state index contributed by atoms with van der Waals surface area (Å²) in [5, 5.41) is 53.1. The van der Waals surface area contributed by atoms with Gasteiger partial charge in [-0.1, -0.05) is 39.8 Å². The molecule has 0 saturated heterocycles. The molecule has 91 heavy (non-hydrogen) atoms. The minimum Gasteiger partial charge on any atom is -0.508 e. The SMILES string of the molecule is CC(C)C[C@H](NC(=O)[C@H](CO)NC(=O)[C@H](CCCCN)NC(=O)[C@@H](N)C(C)C)C(=O)N[C@@H](CCCCN)C(=O)N[C@@H](CCCN=C(N)N)C(=O)N[C@@H](CCCN=C(N)N)C(=O)N[C@@H](CCCN=C(N)N)C(=O)N[C@@H](CS)C(=O)N[C@@H](Cc1ccc(O)cc1)C(=O)O. The summed E-state index contributed by atoms with van der Waals surface area (Å²) in [5.74, 6) is -11.0. The summed E-state index contributed by atoms with van der Waals surface area (Å²) < 4.78 is 0. The normalized spacial score (nSPS) is 14.4. The van der Waals surface area contributed by atoms with Gasteiger partial charge in [-0.3, -0.25) is 58.1 Å². The third kappa shape index (κ3) is 33.4. The van der Waals surface area contributed by atoms with E-state index in [1.165, 1.54) is 24.3 Å². The van der Waals surface area contributed by atoms with Gasteiger partial charge in [-0.2, -0.15) is 12.6 Å². The van der Waals surface area contributed by atoms with Crippen LogP contribution in [0.25, 0.3) is 0 Å². The number of aliphatic hydroxyl groups excluding tert-OH is 1. The second-order valence-electron chi connectivity index (χ2n) is 22.4. The number of carboxylic acids is 1. The van der Waals surface area contributed by atoms with Gasteiger partial charge in [0.1, 0.15) is 60.1 Å². The first-order chi connectivity index (χ1) is 43.0. The number of unbranched alkanes of at least 4 members (excludes halogenated alkanes) is 2. The molecular formula is C56H101N21O13S. The van der Waals surface area contributed by atoms with Gasteiger partial charge < -0.3 is 115 Å². The molecule has 1 rings (SSSR count). The lowest BCUT2D eigenvalue weighted by atomic mass is 10.0. The van der Waals surface area contributed by atoms with E-state index in [1.807, 2.05) is 0 Å². The number of nitrogens with two attached hydrogens (primary N) is 9. The maximum absolute atomic E-state index is 14.6. The van der Waals surface area contributed by atoms with Crippen LogP contribution in [0, 0.1) is 11.8 Å². The van der Waals surface area contributed by atoms with Gasteiger partial charge in [-0.25, -0.2) is 4.79 Å². The van der Waals surface area contributed by atoms with Gasteiger partial charge in [0.05, 0.1) is 12.6 Å². The zero-order valence-corrected chi connectivity index (χ0v) is 53.4. The first-order valence-electron chi connectivity index (χ1n) is 30.3. The number of benzene rings is 1. The molecule has 30 N–H and O–H groups in total. The molecule has 9 amide bonds. The molecule has 0 spiro atoms. The summed E-state index contributed by atoms with van der Waals surface area (Å²) in [4.78, 5) is 150. The van der Waals surface area contributed by atoms with Crippen molar-refractivity contribution in [3.8, 4) is 5.75 Å². The quantitative estimate of drug-likeness (QED) is 0.0125. The van der Waals surface area contributed by atoms with Gasteiger partial charge in [0.2, 0.25) is 53.2 Å². The van der Waals surface area contributed by atoms with E-state index in [4.69, 9.17) is 51.6 Å². The summed E-state index contributed by atoms with van der Waals surface area (Å²) in [7, 11) is 0. The Hall–Kier alpha value is -8.28. The maximum atomic E-state index is 14.6. The van der Waals surface area contributed by atoms with E-state index in [0.717, 1.165) is 0 Å². The molecule has 0 aliphatic rings. The number of aliphatic imine (C=N–C) groups is 3. The van der Waals surface area contributed by atoms with Crippen molar-refractivity contribution in [2.45, 2.75) is 178 Å². The number of phenolic OH excluding ortho intramolecular Hbond substituents is 1. The number of carbonyl (C=O) groups excluding carboxylic acids is 9. The number of hydrogen-bond donors (Lipinski definition) is 22. The highest BCUT2D eigenvalue weighted by atomic mass is 32.1. The number of nitrogens with one attached hydrogen (secondary N) is 9. The first kappa shape index (κ1) is 80.7. The number of nitrogens with zero attached hydrogens (tertiary/aromatic N) is 3. The smallest absolute Gasteiger partial charge is 0.326 e. The van der Waals surface area contributed by atoms with E-state index in [9.17, 15) is 63.3 Å². The van der Waals surface area contributed by atoms with Crippen LogP contribution >= 0.6 is 12.6 Å². The number of amides is 9. The standard InChI is InChI=1S/C56H101N21O13S/c1-30(2)26-39(74-50(86)41(28-78)76-47(83)35(13-6-8-22-58)73-52(88)43(59)31(3)4)49(85)72-34(12-5-7-21-57)44(80)69-36(14-9-23-66-54(60)61)45(81)70-37(15-10-24-67-55(62)63)46(82)71-38(16-11-25-68-56(64)65)48(84)77-42(29-91)51(87)75-40(53(89)90)27-32-17-19-33(79)20-18-32/h17-20,30-31,34-43,78-79,91H,5-16,21-29,57-59H2,1-4H3,(H,69,80)(H,70,81)(H,71,82)(H,72,85)(H,73,88)(H,74,86)(H,75,87)(H,76,83)(H,77,84)(H,89,90)(H4,60,61,66)(H4,62,63,67)(H4,64,65,68)/t34-,35-,36-,37-,38-,39-,40-,41-,42-,43-/m0/s1. The monoisotopic (exact) mass is 1310 g/mol. The van der Waals surface area contributed by atoms with Crippen LogP contribution < -0.4 is 99.5 Å². The molecule has 0 aromatic heterocycles. The average Bonchev–Trinajstić information content (AvgIpc) is 1.67. The Bertz CT molecular complexity index is 2570. The van der Waals surface area contributed by atoms with Crippen LogP contribution in [-0.4, -0.2) is 198 Å². The number of thiol groups is 1. The first-order valence-corrected chi connectivity index (χ1v) is 30.9. The van der Waals surface area contributed by atoms with Crippen LogP contribution in [-0.2, 0) is 54.4 Å². The molecule has 0 bridgehead atoms. The van der Waals surface area contributed by atoms with Crippen LogP contribution in [0.4, 0.5) is 0 Å². The number of carbonyl (C=O) groups is 10. The summed E-state index contributed by atoms with van der Waals surface area (Å²) in [6.07, 6.45) is 1.21. The zero-order valence-electron chi connectivity index (χ0n) is 52.5. The fourth-order valence-corrected chi connectivity index (χ4v) is 9.01. The Morgan fingerprint density at radius 3 is 1.09 bits per heavy atom. The Balaban J connectivity index is 3.70. The van der Waals surface area contributed by atoms with Crippen molar-refractivity contribution in [3.05, 3.63) is 29.8 Å². The Morgan fingerprint density at radius 1 is 0.451 bits per heavy atom. The molecular weight excluding hydrogens is 1210 g/mol. The molecule has 1 aromatic rings. The van der Waals surface area contributed by atoms with Crippen LogP contribution in [0.2, 0.25) is 0 Å². The lowest BCUT2D eigenvalue weighted by Gasteiger charge is -2.28. The third-order valence-electron chi connectivity index (χ3n) is 13.9. The number of guanidine groups is 3. The molecule has 0 aliphatic carbocycles. The van der Waals surface area contributed by atoms with Crippen LogP contribution in [0.15, 0.2) is 39.2 Å². The predicted octanol–water partition coefficient (Wildman–Crippen LogP) is -6.25. The molecule has 0 unspecified atom stereocenters. The zero-order chi connectivity index (χ0) is 68.8. The summed E-state index contributed by atoms with van der Waals surface area (Å²) in [6.45, 7) is 6.47. The number of aromatic hydroxyl groups is 1. The van der Waals surface area contributed by atoms with Gasteiger partial charge in [0.15, 0.2) is 17.9 Å². The number of carboxylic acid groups (broad SMARTS) is 1.